The van der Waals surface area contributed by atoms with E-state index in [-0.39, 0.29) is 24.8 Å². The summed E-state index contributed by atoms with van der Waals surface area (Å²) >= 11 is 0. The van der Waals surface area contributed by atoms with E-state index in [9.17, 15) is 0 Å². The summed E-state index contributed by atoms with van der Waals surface area (Å²) in [4.78, 5) is 15.6. The summed E-state index contributed by atoms with van der Waals surface area (Å²) in [7, 11) is 0. The first-order valence-corrected chi connectivity index (χ1v) is 8.79. The number of piperidine rings is 1. The van der Waals surface area contributed by atoms with Crippen LogP contribution >= 0.6 is 24.8 Å². The van der Waals surface area contributed by atoms with Gasteiger partial charge in [-0.15, -0.1) is 24.8 Å². The topological polar surface area (TPSA) is 94.0 Å². The number of nitrogens with zero attached hydrogens (tertiary/aromatic N) is 5. The molecular weight excluding hydrogens is 375 g/mol. The van der Waals surface area contributed by atoms with Gasteiger partial charge < -0.3 is 15.2 Å². The molecule has 9 heteroatoms. The smallest absolute Gasteiger partial charge is 0.223 e. The van der Waals surface area contributed by atoms with E-state index >= 15 is 0 Å². The highest BCUT2D eigenvalue weighted by Gasteiger charge is 2.29. The lowest BCUT2D eigenvalue weighted by Crippen LogP contribution is -2.36. The molecule has 7 nitrogen and oxygen atoms in total. The van der Waals surface area contributed by atoms with Crippen LogP contribution in [0.3, 0.4) is 0 Å². The van der Waals surface area contributed by atoms with Gasteiger partial charge in [-0.25, -0.2) is 9.97 Å². The minimum Gasteiger partial charge on any atom is -0.356 e. The fourth-order valence-electron chi connectivity index (χ4n) is 3.71. The number of nitrogens with two attached hydrogens (primary N) is 1. The minimum atomic E-state index is 0. The van der Waals surface area contributed by atoms with Crippen molar-refractivity contribution >= 4 is 30.6 Å². The summed E-state index contributed by atoms with van der Waals surface area (Å²) in [5.41, 5.74) is 7.04. The summed E-state index contributed by atoms with van der Waals surface area (Å²) in [5, 5.41) is 4.01. The average molecular weight is 401 g/mol. The highest BCUT2D eigenvalue weighted by Crippen LogP contribution is 2.35. The molecule has 0 atom stereocenters. The monoisotopic (exact) mass is 400 g/mol. The molecule has 2 aromatic heterocycles. The van der Waals surface area contributed by atoms with E-state index < -0.39 is 0 Å². The Morgan fingerprint density at radius 1 is 1.19 bits per heavy atom. The highest BCUT2D eigenvalue weighted by atomic mass is 35.5. The van der Waals surface area contributed by atoms with Crippen LogP contribution in [0.25, 0.3) is 0 Å². The summed E-state index contributed by atoms with van der Waals surface area (Å²) in [5.74, 6) is 3.66. The van der Waals surface area contributed by atoms with Gasteiger partial charge >= 0.3 is 0 Å². The fraction of sp³-hybridized carbons (Fsp3) is 0.647. The van der Waals surface area contributed by atoms with Gasteiger partial charge in [-0.05, 0) is 31.6 Å². The molecule has 2 aromatic rings. The van der Waals surface area contributed by atoms with E-state index in [1.807, 2.05) is 6.92 Å². The standard InChI is InChI=1S/C17H24N6O.2ClH/c1-11-21-16(22-24-11)6-12-2-4-23(5-3-12)17-9-15(19-10-20-17)13-7-14(18)8-13;;/h9-10,12-14H,2-8,18H2,1H3;2*1H. The highest BCUT2D eigenvalue weighted by molar-refractivity contribution is 5.85. The van der Waals surface area contributed by atoms with E-state index in [0.717, 1.165) is 62.5 Å². The molecule has 0 unspecified atom stereocenters. The molecule has 2 fully saturated rings. The second-order valence-electron chi connectivity index (χ2n) is 7.09. The molecule has 3 heterocycles. The molecule has 0 spiro atoms. The predicted octanol–water partition coefficient (Wildman–Crippen LogP) is 2.68. The Balaban J connectivity index is 0.00000121. The molecule has 1 aliphatic heterocycles. The molecule has 2 N–H and O–H groups in total. The molecule has 0 radical (unpaired) electrons. The van der Waals surface area contributed by atoms with Crippen molar-refractivity contribution in [3.8, 4) is 0 Å². The van der Waals surface area contributed by atoms with Crippen molar-refractivity contribution in [2.45, 2.75) is 51.0 Å². The van der Waals surface area contributed by atoms with Crippen molar-refractivity contribution in [2.24, 2.45) is 11.7 Å². The van der Waals surface area contributed by atoms with Crippen molar-refractivity contribution in [3.63, 3.8) is 0 Å². The van der Waals surface area contributed by atoms with Crippen LogP contribution in [0.4, 0.5) is 5.82 Å². The van der Waals surface area contributed by atoms with Gasteiger partial charge in [-0.3, -0.25) is 0 Å². The van der Waals surface area contributed by atoms with Gasteiger partial charge in [0.25, 0.3) is 0 Å². The Labute approximate surface area is 166 Å². The van der Waals surface area contributed by atoms with Crippen molar-refractivity contribution in [3.05, 3.63) is 29.8 Å². The van der Waals surface area contributed by atoms with Crippen LogP contribution < -0.4 is 10.6 Å². The lowest BCUT2D eigenvalue weighted by Gasteiger charge is -2.34. The number of halogens is 2. The number of rotatable bonds is 4. The van der Waals surface area contributed by atoms with E-state index in [2.05, 4.69) is 31.1 Å². The summed E-state index contributed by atoms with van der Waals surface area (Å²) in [6, 6.07) is 2.50. The quantitative estimate of drug-likeness (QED) is 0.842. The molecule has 4 rings (SSSR count). The van der Waals surface area contributed by atoms with Crippen molar-refractivity contribution in [2.75, 3.05) is 18.0 Å². The minimum absolute atomic E-state index is 0. The Morgan fingerprint density at radius 2 is 1.92 bits per heavy atom. The van der Waals surface area contributed by atoms with Crippen LogP contribution in [-0.2, 0) is 6.42 Å². The third kappa shape index (κ3) is 4.64. The second-order valence-corrected chi connectivity index (χ2v) is 7.09. The van der Waals surface area contributed by atoms with Gasteiger partial charge in [0.1, 0.15) is 12.1 Å². The predicted molar refractivity (Wildman–Crippen MR) is 104 cm³/mol. The fourth-order valence-corrected chi connectivity index (χ4v) is 3.71. The van der Waals surface area contributed by atoms with Crippen molar-refractivity contribution in [1.82, 2.24) is 20.1 Å². The lowest BCUT2D eigenvalue weighted by atomic mass is 9.78. The van der Waals surface area contributed by atoms with Gasteiger partial charge in [0.2, 0.25) is 5.89 Å². The SMILES string of the molecule is Cc1nc(CC2CCN(c3cc(C4CC(N)C4)ncn3)CC2)no1.Cl.Cl. The molecule has 0 amide bonds. The number of hydrogen-bond donors (Lipinski definition) is 1. The normalized spacial score (nSPS) is 22.9. The van der Waals surface area contributed by atoms with Crippen molar-refractivity contribution in [1.29, 1.82) is 0 Å². The Kier molecular flexibility index (Phi) is 7.20. The lowest BCUT2D eigenvalue weighted by molar-refractivity contribution is 0.344. The Morgan fingerprint density at radius 3 is 2.54 bits per heavy atom. The maximum Gasteiger partial charge on any atom is 0.223 e. The zero-order valence-corrected chi connectivity index (χ0v) is 16.5. The first-order chi connectivity index (χ1) is 11.7. The number of hydrogen-bond acceptors (Lipinski definition) is 7. The average Bonchev–Trinajstić information content (AvgIpc) is 2.98. The Hall–Kier alpha value is -1.44. The molecular formula is C17H26Cl2N6O. The molecule has 0 aromatic carbocycles. The van der Waals surface area contributed by atoms with E-state index in [1.165, 1.54) is 0 Å². The van der Waals surface area contributed by atoms with Crippen LogP contribution in [0, 0.1) is 12.8 Å². The van der Waals surface area contributed by atoms with Crippen LogP contribution in [-0.4, -0.2) is 39.2 Å². The van der Waals surface area contributed by atoms with E-state index in [4.69, 9.17) is 10.3 Å². The molecule has 1 saturated heterocycles. The number of aromatic nitrogens is 4. The third-order valence-corrected chi connectivity index (χ3v) is 5.25. The van der Waals surface area contributed by atoms with Gasteiger partial charge in [0.15, 0.2) is 5.82 Å². The van der Waals surface area contributed by atoms with Crippen LogP contribution in [0.2, 0.25) is 0 Å². The number of aryl methyl sites for hydroxylation is 1. The van der Waals surface area contributed by atoms with Crippen LogP contribution in [0.15, 0.2) is 16.9 Å². The molecule has 1 saturated carbocycles. The van der Waals surface area contributed by atoms with E-state index in [1.54, 1.807) is 6.33 Å². The first kappa shape index (κ1) is 20.9. The second kappa shape index (κ2) is 8.97. The van der Waals surface area contributed by atoms with Gasteiger partial charge in [-0.1, -0.05) is 5.16 Å². The van der Waals surface area contributed by atoms with Gasteiger partial charge in [0, 0.05) is 50.2 Å². The zero-order chi connectivity index (χ0) is 16.5. The van der Waals surface area contributed by atoms with Gasteiger partial charge in [-0.2, -0.15) is 4.98 Å². The zero-order valence-electron chi connectivity index (χ0n) is 14.9. The van der Waals surface area contributed by atoms with Crippen molar-refractivity contribution < 1.29 is 4.52 Å². The summed E-state index contributed by atoms with van der Waals surface area (Å²) in [6.45, 7) is 3.87. The van der Waals surface area contributed by atoms with Crippen LogP contribution in [0.1, 0.15) is 49.0 Å². The third-order valence-electron chi connectivity index (χ3n) is 5.25. The molecule has 2 aliphatic rings. The summed E-state index contributed by atoms with van der Waals surface area (Å²) in [6.07, 6.45) is 6.94. The maximum absolute atomic E-state index is 5.90. The first-order valence-electron chi connectivity index (χ1n) is 8.79. The van der Waals surface area contributed by atoms with Gasteiger partial charge in [0.05, 0.1) is 0 Å². The summed E-state index contributed by atoms with van der Waals surface area (Å²) < 4.78 is 5.06. The maximum atomic E-state index is 5.90. The molecule has 1 aliphatic carbocycles. The molecule has 144 valence electrons. The van der Waals surface area contributed by atoms with Crippen LogP contribution in [0.5, 0.6) is 0 Å². The largest absolute Gasteiger partial charge is 0.356 e. The number of anilines is 1. The van der Waals surface area contributed by atoms with E-state index in [0.29, 0.717) is 23.8 Å². The Bertz CT molecular complexity index is 698. The molecule has 26 heavy (non-hydrogen) atoms. The molecule has 0 bridgehead atoms.